The highest BCUT2D eigenvalue weighted by Gasteiger charge is 2.13. The summed E-state index contributed by atoms with van der Waals surface area (Å²) in [6.45, 7) is 1.75. The van der Waals surface area contributed by atoms with Crippen LogP contribution in [0, 0.1) is 6.92 Å². The maximum absolute atomic E-state index is 5.38. The van der Waals surface area contributed by atoms with Crippen molar-refractivity contribution in [2.45, 2.75) is 17.8 Å². The molecule has 0 radical (unpaired) electrons. The number of rotatable bonds is 6. The molecule has 0 atom stereocenters. The Kier molecular flexibility index (Phi) is 4.47. The first-order valence-corrected chi connectivity index (χ1v) is 7.74. The first kappa shape index (κ1) is 15.3. The van der Waals surface area contributed by atoms with E-state index in [2.05, 4.69) is 25.4 Å². The maximum Gasteiger partial charge on any atom is 0.226 e. The van der Waals surface area contributed by atoms with Gasteiger partial charge in [-0.05, 0) is 12.1 Å². The minimum atomic E-state index is 0.512. The van der Waals surface area contributed by atoms with E-state index < -0.39 is 0 Å². The van der Waals surface area contributed by atoms with Gasteiger partial charge in [-0.3, -0.25) is 5.10 Å². The van der Waals surface area contributed by atoms with E-state index in [4.69, 9.17) is 13.9 Å². The molecular formula is C14H15N5O3S. The smallest absolute Gasteiger partial charge is 0.226 e. The van der Waals surface area contributed by atoms with Crippen molar-refractivity contribution in [1.82, 2.24) is 25.4 Å². The third kappa shape index (κ3) is 3.45. The van der Waals surface area contributed by atoms with Crippen molar-refractivity contribution in [3.8, 4) is 22.9 Å². The number of methoxy groups -OCH3 is 2. The zero-order valence-corrected chi connectivity index (χ0v) is 13.7. The Bertz CT molecular complexity index is 801. The van der Waals surface area contributed by atoms with E-state index in [0.29, 0.717) is 40.0 Å². The molecule has 0 aliphatic rings. The van der Waals surface area contributed by atoms with Crippen LogP contribution in [0.2, 0.25) is 0 Å². The molecule has 1 aromatic carbocycles. The highest BCUT2D eigenvalue weighted by Crippen LogP contribution is 2.32. The van der Waals surface area contributed by atoms with Crippen molar-refractivity contribution < 1.29 is 13.9 Å². The zero-order valence-electron chi connectivity index (χ0n) is 12.9. The minimum absolute atomic E-state index is 0.512. The normalized spacial score (nSPS) is 10.7. The SMILES string of the molecule is COc1ccc(-c2nc(SCc3nnc(C)o3)n[nH]2)c(OC)c1. The molecule has 23 heavy (non-hydrogen) atoms. The molecule has 2 heterocycles. The number of aromatic amines is 1. The molecule has 2 aromatic heterocycles. The predicted molar refractivity (Wildman–Crippen MR) is 83.5 cm³/mol. The van der Waals surface area contributed by atoms with E-state index in [-0.39, 0.29) is 0 Å². The first-order valence-electron chi connectivity index (χ1n) is 6.76. The fourth-order valence-corrected chi connectivity index (χ4v) is 2.58. The summed E-state index contributed by atoms with van der Waals surface area (Å²) in [4.78, 5) is 4.45. The third-order valence-corrected chi connectivity index (χ3v) is 3.85. The highest BCUT2D eigenvalue weighted by atomic mass is 32.2. The topological polar surface area (TPSA) is 99.0 Å². The van der Waals surface area contributed by atoms with Crippen molar-refractivity contribution in [2.24, 2.45) is 0 Å². The Hall–Kier alpha value is -2.55. The lowest BCUT2D eigenvalue weighted by atomic mass is 10.2. The molecule has 0 aliphatic heterocycles. The molecule has 0 saturated heterocycles. The summed E-state index contributed by atoms with van der Waals surface area (Å²) < 4.78 is 15.9. The quantitative estimate of drug-likeness (QED) is 0.687. The Morgan fingerprint density at radius 1 is 1.22 bits per heavy atom. The molecule has 0 spiro atoms. The number of hydrogen-bond acceptors (Lipinski definition) is 8. The number of nitrogens with one attached hydrogen (secondary N) is 1. The summed E-state index contributed by atoms with van der Waals surface area (Å²) in [5.74, 6) is 3.59. The van der Waals surface area contributed by atoms with Crippen LogP contribution in [0.1, 0.15) is 11.8 Å². The summed E-state index contributed by atoms with van der Waals surface area (Å²) >= 11 is 1.41. The lowest BCUT2D eigenvalue weighted by Gasteiger charge is -2.07. The second-order valence-corrected chi connectivity index (χ2v) is 5.48. The zero-order chi connectivity index (χ0) is 16.2. The number of nitrogens with zero attached hydrogens (tertiary/aromatic N) is 4. The molecule has 0 fully saturated rings. The van der Waals surface area contributed by atoms with Crippen LogP contribution < -0.4 is 9.47 Å². The molecule has 8 nitrogen and oxygen atoms in total. The highest BCUT2D eigenvalue weighted by molar-refractivity contribution is 7.98. The number of aryl methyl sites for hydroxylation is 1. The van der Waals surface area contributed by atoms with E-state index in [1.54, 1.807) is 27.2 Å². The Balaban J connectivity index is 1.76. The fourth-order valence-electron chi connectivity index (χ4n) is 1.95. The molecule has 3 aromatic rings. The van der Waals surface area contributed by atoms with Crippen LogP contribution in [-0.2, 0) is 5.75 Å². The van der Waals surface area contributed by atoms with Crippen LogP contribution in [0.4, 0.5) is 0 Å². The maximum atomic E-state index is 5.38. The summed E-state index contributed by atoms with van der Waals surface area (Å²) in [7, 11) is 3.21. The van der Waals surface area contributed by atoms with Gasteiger partial charge < -0.3 is 13.9 Å². The van der Waals surface area contributed by atoms with Crippen LogP contribution in [0.15, 0.2) is 27.8 Å². The van der Waals surface area contributed by atoms with Gasteiger partial charge in [0.25, 0.3) is 0 Å². The van der Waals surface area contributed by atoms with Gasteiger partial charge in [-0.1, -0.05) is 11.8 Å². The minimum Gasteiger partial charge on any atom is -0.497 e. The number of H-pyrrole nitrogens is 1. The summed E-state index contributed by atoms with van der Waals surface area (Å²) in [6, 6.07) is 5.51. The van der Waals surface area contributed by atoms with Gasteiger partial charge in [0.05, 0.1) is 25.5 Å². The molecule has 1 N–H and O–H groups in total. The van der Waals surface area contributed by atoms with Crippen LogP contribution >= 0.6 is 11.8 Å². The molecule has 0 amide bonds. The predicted octanol–water partition coefficient (Wildman–Crippen LogP) is 2.47. The molecule has 0 saturated carbocycles. The van der Waals surface area contributed by atoms with E-state index >= 15 is 0 Å². The van der Waals surface area contributed by atoms with Crippen LogP contribution in [0.25, 0.3) is 11.4 Å². The third-order valence-electron chi connectivity index (χ3n) is 3.02. The number of ether oxygens (including phenoxy) is 2. The molecule has 0 aliphatic carbocycles. The van der Waals surface area contributed by atoms with Gasteiger partial charge in [0.15, 0.2) is 5.82 Å². The molecule has 120 valence electrons. The standard InChI is InChI=1S/C14H15N5O3S/c1-8-16-17-12(22-8)7-23-14-15-13(18-19-14)10-5-4-9(20-2)6-11(10)21-3/h4-6H,7H2,1-3H3,(H,15,18,19). The molecule has 0 bridgehead atoms. The van der Waals surface area contributed by atoms with E-state index in [1.807, 2.05) is 12.1 Å². The van der Waals surface area contributed by atoms with Crippen LogP contribution in [-0.4, -0.2) is 39.6 Å². The number of aromatic nitrogens is 5. The second kappa shape index (κ2) is 6.69. The van der Waals surface area contributed by atoms with Crippen molar-refractivity contribution in [3.05, 3.63) is 30.0 Å². The Morgan fingerprint density at radius 3 is 2.78 bits per heavy atom. The van der Waals surface area contributed by atoms with E-state index in [1.165, 1.54) is 11.8 Å². The number of thioether (sulfide) groups is 1. The van der Waals surface area contributed by atoms with Crippen LogP contribution in [0.5, 0.6) is 11.5 Å². The molecular weight excluding hydrogens is 318 g/mol. The van der Waals surface area contributed by atoms with E-state index in [9.17, 15) is 0 Å². The van der Waals surface area contributed by atoms with Crippen LogP contribution in [0.3, 0.4) is 0 Å². The molecule has 0 unspecified atom stereocenters. The van der Waals surface area contributed by atoms with Crippen molar-refractivity contribution in [1.29, 1.82) is 0 Å². The van der Waals surface area contributed by atoms with Gasteiger partial charge >= 0.3 is 0 Å². The largest absolute Gasteiger partial charge is 0.497 e. The van der Waals surface area contributed by atoms with Crippen molar-refractivity contribution in [2.75, 3.05) is 14.2 Å². The van der Waals surface area contributed by atoms with Crippen molar-refractivity contribution in [3.63, 3.8) is 0 Å². The average molecular weight is 333 g/mol. The fraction of sp³-hybridized carbons (Fsp3) is 0.286. The Morgan fingerprint density at radius 2 is 2.09 bits per heavy atom. The van der Waals surface area contributed by atoms with Gasteiger partial charge in [0.2, 0.25) is 16.9 Å². The lowest BCUT2D eigenvalue weighted by Crippen LogP contribution is -1.91. The van der Waals surface area contributed by atoms with Gasteiger partial charge in [-0.15, -0.1) is 15.3 Å². The summed E-state index contributed by atoms with van der Waals surface area (Å²) in [5, 5.41) is 15.4. The number of hydrogen-bond donors (Lipinski definition) is 1. The lowest BCUT2D eigenvalue weighted by molar-refractivity contribution is 0.395. The van der Waals surface area contributed by atoms with E-state index in [0.717, 1.165) is 5.56 Å². The van der Waals surface area contributed by atoms with Gasteiger partial charge in [-0.2, -0.15) is 0 Å². The van der Waals surface area contributed by atoms with Gasteiger partial charge in [-0.25, -0.2) is 4.98 Å². The van der Waals surface area contributed by atoms with Gasteiger partial charge in [0, 0.05) is 13.0 Å². The molecule has 3 rings (SSSR count). The summed E-state index contributed by atoms with van der Waals surface area (Å²) in [5.41, 5.74) is 0.807. The summed E-state index contributed by atoms with van der Waals surface area (Å²) in [6.07, 6.45) is 0. The first-order chi connectivity index (χ1) is 11.2. The second-order valence-electron chi connectivity index (χ2n) is 4.54. The van der Waals surface area contributed by atoms with Gasteiger partial charge in [0.1, 0.15) is 11.5 Å². The van der Waals surface area contributed by atoms with Crippen molar-refractivity contribution >= 4 is 11.8 Å². The number of benzene rings is 1. The monoisotopic (exact) mass is 333 g/mol. The Labute approximate surface area is 136 Å². The molecule has 9 heteroatoms. The average Bonchev–Trinajstić information content (AvgIpc) is 3.21.